The molecule has 0 spiro atoms. The van der Waals surface area contributed by atoms with Crippen LogP contribution in [0.4, 0.5) is 0 Å². The van der Waals surface area contributed by atoms with Gasteiger partial charge < -0.3 is 29.2 Å². The highest BCUT2D eigenvalue weighted by Gasteiger charge is 2.09. The van der Waals surface area contributed by atoms with Gasteiger partial charge in [-0.1, -0.05) is 48.8 Å². The van der Waals surface area contributed by atoms with E-state index < -0.39 is 0 Å². The summed E-state index contributed by atoms with van der Waals surface area (Å²) >= 11 is 0. The molecule has 0 bridgehead atoms. The fourth-order valence-electron chi connectivity index (χ4n) is 1.98. The van der Waals surface area contributed by atoms with E-state index in [9.17, 15) is 5.21 Å². The number of hydrogen-bond acceptors (Lipinski definition) is 2. The number of oxime groups is 1. The molecule has 2 aromatic rings. The first kappa shape index (κ1) is 16.6. The molecule has 0 radical (unpaired) electrons. The normalized spacial score (nSPS) is 10.9. The Bertz CT molecular complexity index is 538. The quantitative estimate of drug-likeness (QED) is 0.256. The van der Waals surface area contributed by atoms with Crippen LogP contribution in [0.2, 0.25) is 0 Å². The van der Waals surface area contributed by atoms with Gasteiger partial charge in [-0.3, -0.25) is 0 Å². The maximum Gasteiger partial charge on any atom is 0.169 e. The molecule has 0 aliphatic rings. The molecule has 1 heterocycles. The second-order valence-corrected chi connectivity index (χ2v) is 4.49. The SMILES string of the molecule is CCCC[n+]1ccc(/C(=N\O)c2ccccc2)cc1.[I-]. The average molecular weight is 382 g/mol. The summed E-state index contributed by atoms with van der Waals surface area (Å²) in [7, 11) is 0. The van der Waals surface area contributed by atoms with Crippen molar-refractivity contribution >= 4 is 5.71 Å². The van der Waals surface area contributed by atoms with Crippen molar-refractivity contribution in [1.82, 2.24) is 0 Å². The number of aromatic nitrogens is 1. The van der Waals surface area contributed by atoms with E-state index in [2.05, 4.69) is 16.6 Å². The number of benzene rings is 1. The van der Waals surface area contributed by atoms with Gasteiger partial charge in [0.15, 0.2) is 12.4 Å². The molecule has 4 heteroatoms. The largest absolute Gasteiger partial charge is 1.00 e. The molecule has 0 atom stereocenters. The molecule has 0 aliphatic heterocycles. The van der Waals surface area contributed by atoms with Crippen LogP contribution in [0, 0.1) is 0 Å². The van der Waals surface area contributed by atoms with E-state index in [1.54, 1.807) is 0 Å². The molecule has 106 valence electrons. The lowest BCUT2D eigenvalue weighted by Gasteiger charge is -2.04. The van der Waals surface area contributed by atoms with Gasteiger partial charge in [0.25, 0.3) is 0 Å². The summed E-state index contributed by atoms with van der Waals surface area (Å²) in [6.45, 7) is 3.20. The van der Waals surface area contributed by atoms with Crippen molar-refractivity contribution in [2.24, 2.45) is 5.16 Å². The van der Waals surface area contributed by atoms with Crippen LogP contribution >= 0.6 is 0 Å². The molecule has 2 rings (SSSR count). The molecule has 1 N–H and O–H groups in total. The van der Waals surface area contributed by atoms with Crippen LogP contribution in [0.3, 0.4) is 0 Å². The zero-order chi connectivity index (χ0) is 13.5. The molecule has 0 aliphatic carbocycles. The van der Waals surface area contributed by atoms with Crippen molar-refractivity contribution in [1.29, 1.82) is 0 Å². The molecular formula is C16H19IN2O. The summed E-state index contributed by atoms with van der Waals surface area (Å²) in [6.07, 6.45) is 6.41. The molecule has 0 saturated heterocycles. The first-order valence-electron chi connectivity index (χ1n) is 6.62. The highest BCUT2D eigenvalue weighted by Crippen LogP contribution is 2.09. The van der Waals surface area contributed by atoms with Gasteiger partial charge in [-0.05, 0) is 0 Å². The summed E-state index contributed by atoms with van der Waals surface area (Å²) in [5.41, 5.74) is 2.43. The Morgan fingerprint density at radius 2 is 1.65 bits per heavy atom. The minimum atomic E-state index is 0. The van der Waals surface area contributed by atoms with Crippen LogP contribution in [0.1, 0.15) is 30.9 Å². The molecule has 0 saturated carbocycles. The van der Waals surface area contributed by atoms with Gasteiger partial charge in [0.05, 0.1) is 0 Å². The third-order valence-corrected chi connectivity index (χ3v) is 3.08. The number of aryl methyl sites for hydroxylation is 1. The summed E-state index contributed by atoms with van der Waals surface area (Å²) in [4.78, 5) is 0. The van der Waals surface area contributed by atoms with Crippen LogP contribution in [0.15, 0.2) is 60.0 Å². The van der Waals surface area contributed by atoms with E-state index in [4.69, 9.17) is 0 Å². The van der Waals surface area contributed by atoms with Crippen molar-refractivity contribution < 1.29 is 33.8 Å². The minimum Gasteiger partial charge on any atom is -1.00 e. The van der Waals surface area contributed by atoms with Crippen molar-refractivity contribution in [3.63, 3.8) is 0 Å². The number of nitrogens with zero attached hydrogens (tertiary/aromatic N) is 2. The van der Waals surface area contributed by atoms with Crippen LogP contribution < -0.4 is 28.5 Å². The lowest BCUT2D eigenvalue weighted by Crippen LogP contribution is -3.00. The van der Waals surface area contributed by atoms with Crippen LogP contribution in [0.5, 0.6) is 0 Å². The van der Waals surface area contributed by atoms with Gasteiger partial charge in [-0.25, -0.2) is 4.57 Å². The fraction of sp³-hybridized carbons (Fsp3) is 0.250. The highest BCUT2D eigenvalue weighted by atomic mass is 127. The molecule has 0 amide bonds. The van der Waals surface area contributed by atoms with Gasteiger partial charge in [0.2, 0.25) is 0 Å². The zero-order valence-corrected chi connectivity index (χ0v) is 13.7. The monoisotopic (exact) mass is 382 g/mol. The second-order valence-electron chi connectivity index (χ2n) is 4.49. The molecule has 1 aromatic carbocycles. The van der Waals surface area contributed by atoms with Crippen molar-refractivity contribution in [2.45, 2.75) is 26.3 Å². The van der Waals surface area contributed by atoms with E-state index in [0.29, 0.717) is 5.71 Å². The van der Waals surface area contributed by atoms with Gasteiger partial charge >= 0.3 is 0 Å². The van der Waals surface area contributed by atoms with Gasteiger partial charge in [-0.15, -0.1) is 0 Å². The van der Waals surface area contributed by atoms with E-state index in [0.717, 1.165) is 17.7 Å². The Labute approximate surface area is 137 Å². The van der Waals surface area contributed by atoms with E-state index in [1.165, 1.54) is 12.8 Å². The predicted molar refractivity (Wildman–Crippen MR) is 75.4 cm³/mol. The lowest BCUT2D eigenvalue weighted by atomic mass is 10.0. The molecular weight excluding hydrogens is 363 g/mol. The summed E-state index contributed by atoms with van der Waals surface area (Å²) in [5.74, 6) is 0. The third-order valence-electron chi connectivity index (χ3n) is 3.08. The Morgan fingerprint density at radius 3 is 2.20 bits per heavy atom. The van der Waals surface area contributed by atoms with Crippen LogP contribution in [0.25, 0.3) is 0 Å². The fourth-order valence-corrected chi connectivity index (χ4v) is 1.98. The third kappa shape index (κ3) is 4.30. The minimum absolute atomic E-state index is 0. The lowest BCUT2D eigenvalue weighted by molar-refractivity contribution is -0.697. The number of halogens is 1. The van der Waals surface area contributed by atoms with Gasteiger partial charge in [-0.2, -0.15) is 0 Å². The molecule has 0 unspecified atom stereocenters. The van der Waals surface area contributed by atoms with Crippen LogP contribution in [-0.4, -0.2) is 10.9 Å². The second kappa shape index (κ2) is 8.68. The Kier molecular flexibility index (Phi) is 7.22. The van der Waals surface area contributed by atoms with E-state index in [1.807, 2.05) is 54.9 Å². The summed E-state index contributed by atoms with van der Waals surface area (Å²) in [6, 6.07) is 13.7. The number of rotatable bonds is 5. The Hall–Kier alpha value is -1.43. The van der Waals surface area contributed by atoms with E-state index >= 15 is 0 Å². The smallest absolute Gasteiger partial charge is 0.169 e. The topological polar surface area (TPSA) is 36.5 Å². The first-order chi connectivity index (χ1) is 9.35. The van der Waals surface area contributed by atoms with Gasteiger partial charge in [0, 0.05) is 29.7 Å². The Morgan fingerprint density at radius 1 is 1.05 bits per heavy atom. The maximum atomic E-state index is 9.22. The average Bonchev–Trinajstić information content (AvgIpc) is 2.48. The standard InChI is InChI=1S/C16H18N2O.HI/c1-2-3-11-18-12-9-15(10-13-18)16(17-19)14-7-5-4-6-8-14;/h4-10,12-13H,2-3,11H2,1H3;1H. The first-order valence-corrected chi connectivity index (χ1v) is 6.62. The van der Waals surface area contributed by atoms with Crippen molar-refractivity contribution in [3.05, 3.63) is 66.0 Å². The highest BCUT2D eigenvalue weighted by molar-refractivity contribution is 6.12. The van der Waals surface area contributed by atoms with Crippen molar-refractivity contribution in [3.8, 4) is 0 Å². The number of unbranched alkanes of at least 4 members (excludes halogenated alkanes) is 1. The molecule has 1 aromatic heterocycles. The summed E-state index contributed by atoms with van der Waals surface area (Å²) < 4.78 is 2.15. The van der Waals surface area contributed by atoms with Crippen LogP contribution in [-0.2, 0) is 6.54 Å². The van der Waals surface area contributed by atoms with E-state index in [-0.39, 0.29) is 24.0 Å². The zero-order valence-electron chi connectivity index (χ0n) is 11.5. The molecule has 3 nitrogen and oxygen atoms in total. The number of pyridine rings is 1. The summed E-state index contributed by atoms with van der Waals surface area (Å²) in [5, 5.41) is 12.7. The Balaban J connectivity index is 0.00000200. The predicted octanol–water partition coefficient (Wildman–Crippen LogP) is 0.00480. The maximum absolute atomic E-state index is 9.22. The van der Waals surface area contributed by atoms with Crippen molar-refractivity contribution in [2.75, 3.05) is 0 Å². The molecule has 20 heavy (non-hydrogen) atoms. The molecule has 0 fully saturated rings. The van der Waals surface area contributed by atoms with Gasteiger partial charge in [0.1, 0.15) is 12.3 Å². The number of hydrogen-bond donors (Lipinski definition) is 1.